The molecule has 1 aromatic carbocycles. The summed E-state index contributed by atoms with van der Waals surface area (Å²) in [5.74, 6) is -0.114. The second-order valence-electron chi connectivity index (χ2n) is 2.81. The molecule has 1 aromatic rings. The number of nitrogens with one attached hydrogen (secondary N) is 1. The highest BCUT2D eigenvalue weighted by Crippen LogP contribution is 2.10. The van der Waals surface area contributed by atoms with Crippen molar-refractivity contribution in [3.05, 3.63) is 42.2 Å². The first-order chi connectivity index (χ1) is 6.74. The Morgan fingerprint density at radius 2 is 2.00 bits per heavy atom. The Morgan fingerprint density at radius 1 is 1.36 bits per heavy atom. The highest BCUT2D eigenvalue weighted by Gasteiger charge is 2.02. The molecule has 0 saturated heterocycles. The van der Waals surface area contributed by atoms with Crippen LogP contribution in [0.3, 0.4) is 0 Å². The van der Waals surface area contributed by atoms with Gasteiger partial charge in [0.2, 0.25) is 5.91 Å². The molecule has 0 spiro atoms. The molecule has 0 heterocycles. The zero-order valence-electron chi connectivity index (χ0n) is 8.28. The van der Waals surface area contributed by atoms with E-state index in [0.29, 0.717) is 5.70 Å². The summed E-state index contributed by atoms with van der Waals surface area (Å²) in [4.78, 5) is 10.9. The van der Waals surface area contributed by atoms with Crippen molar-refractivity contribution in [2.24, 2.45) is 0 Å². The quantitative estimate of drug-likeness (QED) is 0.739. The lowest BCUT2D eigenvalue weighted by Crippen LogP contribution is -2.18. The smallest absolute Gasteiger partial charge is 0.221 e. The van der Waals surface area contributed by atoms with E-state index in [1.165, 1.54) is 13.2 Å². The fourth-order valence-electron chi connectivity index (χ4n) is 1.09. The topological polar surface area (TPSA) is 38.3 Å². The molecule has 0 saturated carbocycles. The van der Waals surface area contributed by atoms with E-state index in [-0.39, 0.29) is 5.91 Å². The summed E-state index contributed by atoms with van der Waals surface area (Å²) in [5.41, 5.74) is 1.59. The van der Waals surface area contributed by atoms with Crippen molar-refractivity contribution < 1.29 is 9.53 Å². The SMILES string of the molecule is CO/C=C(/NC(C)=O)c1ccccc1. The number of rotatable bonds is 3. The molecular weight excluding hydrogens is 178 g/mol. The third kappa shape index (κ3) is 2.94. The lowest BCUT2D eigenvalue weighted by Gasteiger charge is -2.07. The van der Waals surface area contributed by atoms with Gasteiger partial charge in [0.05, 0.1) is 12.8 Å². The van der Waals surface area contributed by atoms with Crippen molar-refractivity contribution in [2.45, 2.75) is 6.92 Å². The molecule has 0 fully saturated rings. The summed E-state index contributed by atoms with van der Waals surface area (Å²) in [6, 6.07) is 9.53. The van der Waals surface area contributed by atoms with Crippen molar-refractivity contribution >= 4 is 11.6 Å². The minimum atomic E-state index is -0.114. The molecule has 1 rings (SSSR count). The summed E-state index contributed by atoms with van der Waals surface area (Å²) in [7, 11) is 1.55. The van der Waals surface area contributed by atoms with Crippen LogP contribution >= 0.6 is 0 Å². The molecule has 1 amide bonds. The Kier molecular flexibility index (Phi) is 3.73. The zero-order valence-corrected chi connectivity index (χ0v) is 8.28. The molecule has 1 N–H and O–H groups in total. The summed E-state index contributed by atoms with van der Waals surface area (Å²) >= 11 is 0. The van der Waals surface area contributed by atoms with Crippen LogP contribution in [0.4, 0.5) is 0 Å². The van der Waals surface area contributed by atoms with Gasteiger partial charge in [-0.3, -0.25) is 4.79 Å². The van der Waals surface area contributed by atoms with Gasteiger partial charge in [-0.1, -0.05) is 30.3 Å². The van der Waals surface area contributed by atoms with Crippen LogP contribution < -0.4 is 5.32 Å². The van der Waals surface area contributed by atoms with Crippen LogP contribution in [-0.4, -0.2) is 13.0 Å². The van der Waals surface area contributed by atoms with Gasteiger partial charge in [-0.25, -0.2) is 0 Å². The van der Waals surface area contributed by atoms with Crippen LogP contribution in [0.25, 0.3) is 5.70 Å². The highest BCUT2D eigenvalue weighted by atomic mass is 16.5. The molecule has 0 aromatic heterocycles. The molecule has 0 aliphatic heterocycles. The Hall–Kier alpha value is -1.77. The molecule has 3 heteroatoms. The lowest BCUT2D eigenvalue weighted by atomic mass is 10.2. The van der Waals surface area contributed by atoms with Gasteiger partial charge in [0.1, 0.15) is 6.26 Å². The van der Waals surface area contributed by atoms with E-state index in [0.717, 1.165) is 5.56 Å². The molecule has 0 radical (unpaired) electrons. The standard InChI is InChI=1S/C11H13NO2/c1-9(13)12-11(8-14-2)10-6-4-3-5-7-10/h3-8H,1-2H3,(H,12,13)/b11-8+. The predicted molar refractivity (Wildman–Crippen MR) is 55.2 cm³/mol. The van der Waals surface area contributed by atoms with Gasteiger partial charge in [0.15, 0.2) is 0 Å². The molecule has 0 unspecified atom stereocenters. The van der Waals surface area contributed by atoms with Gasteiger partial charge in [-0.2, -0.15) is 0 Å². The largest absolute Gasteiger partial charge is 0.502 e. The first kappa shape index (κ1) is 10.3. The van der Waals surface area contributed by atoms with Crippen molar-refractivity contribution in [3.8, 4) is 0 Å². The van der Waals surface area contributed by atoms with Crippen molar-refractivity contribution in [3.63, 3.8) is 0 Å². The average molecular weight is 191 g/mol. The number of methoxy groups -OCH3 is 1. The molecule has 0 aliphatic carbocycles. The predicted octanol–water partition coefficient (Wildman–Crippen LogP) is 1.77. The van der Waals surface area contributed by atoms with Crippen LogP contribution in [0.15, 0.2) is 36.6 Å². The Bertz CT molecular complexity index is 330. The van der Waals surface area contributed by atoms with Crippen LogP contribution in [0.1, 0.15) is 12.5 Å². The summed E-state index contributed by atoms with van der Waals surface area (Å²) in [6.45, 7) is 1.46. The zero-order chi connectivity index (χ0) is 10.4. The molecule has 14 heavy (non-hydrogen) atoms. The lowest BCUT2D eigenvalue weighted by molar-refractivity contribution is -0.117. The van der Waals surface area contributed by atoms with E-state index in [9.17, 15) is 4.79 Å². The fourth-order valence-corrected chi connectivity index (χ4v) is 1.09. The van der Waals surface area contributed by atoms with Crippen LogP contribution in [0, 0.1) is 0 Å². The molecule has 0 bridgehead atoms. The van der Waals surface area contributed by atoms with Gasteiger partial charge in [0.25, 0.3) is 0 Å². The molecule has 0 atom stereocenters. The monoisotopic (exact) mass is 191 g/mol. The third-order valence-electron chi connectivity index (χ3n) is 1.63. The van der Waals surface area contributed by atoms with E-state index < -0.39 is 0 Å². The number of hydrogen-bond acceptors (Lipinski definition) is 2. The number of amides is 1. The average Bonchev–Trinajstić information content (AvgIpc) is 2.18. The molecular formula is C11H13NO2. The summed E-state index contributed by atoms with van der Waals surface area (Å²) in [6.07, 6.45) is 1.51. The maximum atomic E-state index is 10.9. The number of hydrogen-bond donors (Lipinski definition) is 1. The minimum absolute atomic E-state index is 0.114. The Labute approximate surface area is 83.4 Å². The van der Waals surface area contributed by atoms with Crippen LogP contribution in [0.2, 0.25) is 0 Å². The minimum Gasteiger partial charge on any atom is -0.502 e. The van der Waals surface area contributed by atoms with Gasteiger partial charge >= 0.3 is 0 Å². The van der Waals surface area contributed by atoms with E-state index in [4.69, 9.17) is 4.74 Å². The highest BCUT2D eigenvalue weighted by molar-refractivity contribution is 5.84. The van der Waals surface area contributed by atoms with E-state index >= 15 is 0 Å². The van der Waals surface area contributed by atoms with E-state index in [1.54, 1.807) is 7.11 Å². The van der Waals surface area contributed by atoms with E-state index in [1.807, 2.05) is 30.3 Å². The maximum absolute atomic E-state index is 10.9. The van der Waals surface area contributed by atoms with Crippen LogP contribution in [-0.2, 0) is 9.53 Å². The van der Waals surface area contributed by atoms with Gasteiger partial charge in [0, 0.05) is 12.5 Å². The molecule has 74 valence electrons. The second kappa shape index (κ2) is 5.07. The Morgan fingerprint density at radius 3 is 2.50 bits per heavy atom. The Balaban J connectivity index is 2.89. The number of carbonyl (C=O) groups excluding carboxylic acids is 1. The first-order valence-corrected chi connectivity index (χ1v) is 4.30. The van der Waals surface area contributed by atoms with Gasteiger partial charge in [-0.15, -0.1) is 0 Å². The fraction of sp³-hybridized carbons (Fsp3) is 0.182. The number of benzene rings is 1. The normalized spacial score (nSPS) is 10.9. The summed E-state index contributed by atoms with van der Waals surface area (Å²) < 4.78 is 4.88. The molecule has 3 nitrogen and oxygen atoms in total. The number of ether oxygens (including phenoxy) is 1. The third-order valence-corrected chi connectivity index (χ3v) is 1.63. The van der Waals surface area contributed by atoms with Crippen molar-refractivity contribution in [1.82, 2.24) is 5.32 Å². The van der Waals surface area contributed by atoms with Crippen molar-refractivity contribution in [1.29, 1.82) is 0 Å². The van der Waals surface area contributed by atoms with E-state index in [2.05, 4.69) is 5.32 Å². The maximum Gasteiger partial charge on any atom is 0.221 e. The number of carbonyl (C=O) groups is 1. The van der Waals surface area contributed by atoms with Gasteiger partial charge in [-0.05, 0) is 0 Å². The first-order valence-electron chi connectivity index (χ1n) is 4.30. The van der Waals surface area contributed by atoms with Crippen LogP contribution in [0.5, 0.6) is 0 Å². The van der Waals surface area contributed by atoms with Crippen molar-refractivity contribution in [2.75, 3.05) is 7.11 Å². The summed E-state index contributed by atoms with van der Waals surface area (Å²) in [5, 5.41) is 2.69. The molecule has 0 aliphatic rings. The second-order valence-corrected chi connectivity index (χ2v) is 2.81. The van der Waals surface area contributed by atoms with Gasteiger partial charge < -0.3 is 10.1 Å².